The number of nitrogens with one attached hydrogen (secondary N) is 2. The maximum atomic E-state index is 12.8. The van der Waals surface area contributed by atoms with Crippen molar-refractivity contribution in [3.63, 3.8) is 0 Å². The first-order valence-corrected chi connectivity index (χ1v) is 10.4. The smallest absolute Gasteiger partial charge is 0.327 e. The van der Waals surface area contributed by atoms with Crippen LogP contribution in [0.5, 0.6) is 0 Å². The number of aliphatic hydroxyl groups excluding tert-OH is 1. The molecule has 0 saturated carbocycles. The Hall–Kier alpha value is -3.04. The number of rotatable bonds is 6. The van der Waals surface area contributed by atoms with Crippen LogP contribution in [0.1, 0.15) is 29.5 Å². The molecule has 1 fully saturated rings. The van der Waals surface area contributed by atoms with Crippen molar-refractivity contribution in [2.24, 2.45) is 0 Å². The summed E-state index contributed by atoms with van der Waals surface area (Å²) in [7, 11) is 0. The molecule has 158 valence electrons. The van der Waals surface area contributed by atoms with Gasteiger partial charge in [0.25, 0.3) is 0 Å². The summed E-state index contributed by atoms with van der Waals surface area (Å²) in [4.78, 5) is 38.0. The van der Waals surface area contributed by atoms with E-state index in [9.17, 15) is 24.6 Å². The lowest BCUT2D eigenvalue weighted by Crippen LogP contribution is -2.47. The van der Waals surface area contributed by atoms with Crippen LogP contribution >= 0.6 is 11.8 Å². The summed E-state index contributed by atoms with van der Waals surface area (Å²) in [6, 6.07) is 14.4. The lowest BCUT2D eigenvalue weighted by molar-refractivity contribution is -0.148. The maximum Gasteiger partial charge on any atom is 0.327 e. The van der Waals surface area contributed by atoms with E-state index in [-0.39, 0.29) is 12.3 Å². The zero-order chi connectivity index (χ0) is 21.7. The predicted octanol–water partition coefficient (Wildman–Crippen LogP) is 2.59. The molecular formula is C21H23N3O5S. The van der Waals surface area contributed by atoms with Gasteiger partial charge in [0.2, 0.25) is 5.91 Å². The van der Waals surface area contributed by atoms with Gasteiger partial charge in [0.15, 0.2) is 0 Å². The summed E-state index contributed by atoms with van der Waals surface area (Å²) in [6.07, 6.45) is -0.674. The standard InChI is InChI=1S/C21H23N3O5S/c1-13(25)15-8-5-9-16(10-15)23-21(29)22-11-18(26)24-17(20(27)28)12-30-19(24)14-6-3-2-4-7-14/h2-10,13,17,19,25H,11-12H2,1H3,(H,27,28)(H2,22,23,29)/t13?,17-,19+/m0/s1. The van der Waals surface area contributed by atoms with Crippen molar-refractivity contribution in [1.29, 1.82) is 0 Å². The highest BCUT2D eigenvalue weighted by Gasteiger charge is 2.42. The first kappa shape index (κ1) is 21.7. The number of nitrogens with zero attached hydrogens (tertiary/aromatic N) is 1. The van der Waals surface area contributed by atoms with Gasteiger partial charge in [-0.25, -0.2) is 9.59 Å². The van der Waals surface area contributed by atoms with Gasteiger partial charge in [-0.1, -0.05) is 42.5 Å². The number of urea groups is 1. The van der Waals surface area contributed by atoms with E-state index < -0.39 is 35.4 Å². The van der Waals surface area contributed by atoms with E-state index in [1.165, 1.54) is 16.7 Å². The SMILES string of the molecule is CC(O)c1cccc(NC(=O)NCC(=O)N2[C@@H](c3ccccc3)SC[C@H]2C(=O)O)c1. The van der Waals surface area contributed by atoms with Crippen molar-refractivity contribution in [3.05, 3.63) is 65.7 Å². The highest BCUT2D eigenvalue weighted by atomic mass is 32.2. The Kier molecular flexibility index (Phi) is 6.96. The number of aliphatic hydroxyl groups is 1. The number of anilines is 1. The molecule has 1 unspecified atom stereocenters. The number of thioether (sulfide) groups is 1. The van der Waals surface area contributed by atoms with Crippen molar-refractivity contribution >= 4 is 35.4 Å². The number of benzene rings is 2. The molecule has 0 aliphatic carbocycles. The van der Waals surface area contributed by atoms with Gasteiger partial charge in [0.05, 0.1) is 12.6 Å². The summed E-state index contributed by atoms with van der Waals surface area (Å²) in [6.45, 7) is 1.28. The summed E-state index contributed by atoms with van der Waals surface area (Å²) < 4.78 is 0. The molecule has 0 aromatic heterocycles. The Balaban J connectivity index is 1.65. The minimum Gasteiger partial charge on any atom is -0.480 e. The van der Waals surface area contributed by atoms with Crippen molar-refractivity contribution < 1.29 is 24.6 Å². The normalized spacial score (nSPS) is 19.2. The second-order valence-electron chi connectivity index (χ2n) is 6.86. The molecule has 3 amide bonds. The Morgan fingerprint density at radius 1 is 1.17 bits per heavy atom. The third kappa shape index (κ3) is 5.11. The molecule has 9 heteroatoms. The monoisotopic (exact) mass is 429 g/mol. The van der Waals surface area contributed by atoms with Crippen LogP contribution in [0.15, 0.2) is 54.6 Å². The Bertz CT molecular complexity index is 922. The first-order chi connectivity index (χ1) is 14.4. The number of aliphatic carboxylic acids is 1. The molecule has 1 heterocycles. The van der Waals surface area contributed by atoms with Gasteiger partial charge in [0, 0.05) is 11.4 Å². The van der Waals surface area contributed by atoms with Crippen molar-refractivity contribution in [2.45, 2.75) is 24.4 Å². The van der Waals surface area contributed by atoms with Gasteiger partial charge in [-0.15, -0.1) is 11.8 Å². The highest BCUT2D eigenvalue weighted by molar-refractivity contribution is 7.99. The van der Waals surface area contributed by atoms with Crippen molar-refractivity contribution in [2.75, 3.05) is 17.6 Å². The fraction of sp³-hybridized carbons (Fsp3) is 0.286. The number of amides is 3. The van der Waals surface area contributed by atoms with Gasteiger partial charge in [-0.3, -0.25) is 4.79 Å². The van der Waals surface area contributed by atoms with E-state index in [1.54, 1.807) is 31.2 Å². The summed E-state index contributed by atoms with van der Waals surface area (Å²) in [5.41, 5.74) is 1.95. The van der Waals surface area contributed by atoms with Crippen LogP contribution in [-0.4, -0.2) is 51.4 Å². The highest BCUT2D eigenvalue weighted by Crippen LogP contribution is 2.41. The molecule has 1 saturated heterocycles. The summed E-state index contributed by atoms with van der Waals surface area (Å²) in [5.74, 6) is -1.28. The lowest BCUT2D eigenvalue weighted by Gasteiger charge is -2.27. The molecule has 8 nitrogen and oxygen atoms in total. The van der Waals surface area contributed by atoms with Crippen LogP contribution in [-0.2, 0) is 9.59 Å². The maximum absolute atomic E-state index is 12.8. The minimum absolute atomic E-state index is 0.277. The predicted molar refractivity (Wildman–Crippen MR) is 114 cm³/mol. The molecule has 2 aromatic carbocycles. The molecule has 2 aromatic rings. The van der Waals surface area contributed by atoms with E-state index >= 15 is 0 Å². The van der Waals surface area contributed by atoms with Crippen molar-refractivity contribution in [1.82, 2.24) is 10.2 Å². The Labute approximate surface area is 178 Å². The molecule has 1 aliphatic rings. The number of carboxylic acid groups (broad SMARTS) is 1. The van der Waals surface area contributed by atoms with Crippen molar-refractivity contribution in [3.8, 4) is 0 Å². The second-order valence-corrected chi connectivity index (χ2v) is 7.97. The van der Waals surface area contributed by atoms with Gasteiger partial charge < -0.3 is 25.7 Å². The van der Waals surface area contributed by atoms with Gasteiger partial charge in [-0.05, 0) is 30.2 Å². The molecular weight excluding hydrogens is 406 g/mol. The number of carbonyl (C=O) groups excluding carboxylic acids is 2. The Morgan fingerprint density at radius 3 is 2.57 bits per heavy atom. The van der Waals surface area contributed by atoms with E-state index in [1.807, 2.05) is 30.3 Å². The van der Waals surface area contributed by atoms with Crippen LogP contribution in [0.25, 0.3) is 0 Å². The average Bonchev–Trinajstić information content (AvgIpc) is 3.18. The van der Waals surface area contributed by atoms with E-state index in [2.05, 4.69) is 10.6 Å². The largest absolute Gasteiger partial charge is 0.480 e. The second kappa shape index (κ2) is 9.64. The van der Waals surface area contributed by atoms with E-state index in [0.717, 1.165) is 5.56 Å². The number of hydrogen-bond donors (Lipinski definition) is 4. The fourth-order valence-electron chi connectivity index (χ4n) is 3.17. The zero-order valence-corrected chi connectivity index (χ0v) is 17.1. The number of carbonyl (C=O) groups is 3. The topological polar surface area (TPSA) is 119 Å². The molecule has 0 bridgehead atoms. The van der Waals surface area contributed by atoms with Crippen LogP contribution in [0.2, 0.25) is 0 Å². The Morgan fingerprint density at radius 2 is 1.90 bits per heavy atom. The van der Waals surface area contributed by atoms with E-state index in [0.29, 0.717) is 11.3 Å². The van der Waals surface area contributed by atoms with Gasteiger partial charge in [-0.2, -0.15) is 0 Å². The molecule has 0 radical (unpaired) electrons. The fourth-order valence-corrected chi connectivity index (χ4v) is 4.62. The molecule has 3 atom stereocenters. The van der Waals surface area contributed by atoms with Crippen LogP contribution in [0.4, 0.5) is 10.5 Å². The van der Waals surface area contributed by atoms with Crippen LogP contribution in [0.3, 0.4) is 0 Å². The average molecular weight is 429 g/mol. The third-order valence-electron chi connectivity index (χ3n) is 4.69. The summed E-state index contributed by atoms with van der Waals surface area (Å²) in [5, 5.41) is 23.8. The molecule has 30 heavy (non-hydrogen) atoms. The molecule has 3 rings (SSSR count). The molecule has 1 aliphatic heterocycles. The minimum atomic E-state index is -1.08. The first-order valence-electron chi connectivity index (χ1n) is 9.40. The third-order valence-corrected chi connectivity index (χ3v) is 6.01. The van der Waals surface area contributed by atoms with Gasteiger partial charge >= 0.3 is 12.0 Å². The van der Waals surface area contributed by atoms with Crippen LogP contribution < -0.4 is 10.6 Å². The van der Waals surface area contributed by atoms with E-state index in [4.69, 9.17) is 0 Å². The zero-order valence-electron chi connectivity index (χ0n) is 16.3. The molecule has 0 spiro atoms. The number of hydrogen-bond acceptors (Lipinski definition) is 5. The molecule has 4 N–H and O–H groups in total. The summed E-state index contributed by atoms with van der Waals surface area (Å²) >= 11 is 1.38. The lowest BCUT2D eigenvalue weighted by atomic mass is 10.1. The number of carboxylic acids is 1. The van der Waals surface area contributed by atoms with Gasteiger partial charge in [0.1, 0.15) is 11.4 Å². The quantitative estimate of drug-likeness (QED) is 0.560. The van der Waals surface area contributed by atoms with Crippen LogP contribution in [0, 0.1) is 0 Å².